The number of rotatable bonds is 6. The quantitative estimate of drug-likeness (QED) is 0.457. The second-order valence-electron chi connectivity index (χ2n) is 10.3. The van der Waals surface area contributed by atoms with E-state index in [9.17, 15) is 9.18 Å². The largest absolute Gasteiger partial charge is 0.489 e. The van der Waals surface area contributed by atoms with E-state index in [1.54, 1.807) is 21.7 Å². The van der Waals surface area contributed by atoms with Crippen molar-refractivity contribution in [2.45, 2.75) is 83.6 Å². The van der Waals surface area contributed by atoms with Crippen LogP contribution in [-0.4, -0.2) is 55.0 Å². The Hall–Kier alpha value is -2.71. The predicted octanol–water partition coefficient (Wildman–Crippen LogP) is 5.16. The molecule has 2 saturated heterocycles. The summed E-state index contributed by atoms with van der Waals surface area (Å²) in [5.41, 5.74) is 3.65. The highest BCUT2D eigenvalue weighted by Gasteiger charge is 2.41. The number of halogens is 2. The van der Waals surface area contributed by atoms with E-state index >= 15 is 0 Å². The average Bonchev–Trinajstić information content (AvgIpc) is 3.49. The van der Waals surface area contributed by atoms with Crippen LogP contribution in [0, 0.1) is 12.7 Å². The summed E-state index contributed by atoms with van der Waals surface area (Å²) in [4.78, 5) is 22.4. The Kier molecular flexibility index (Phi) is 6.12. The summed E-state index contributed by atoms with van der Waals surface area (Å²) < 4.78 is 22.4. The molecule has 0 N–H and O–H groups in total. The van der Waals surface area contributed by atoms with Gasteiger partial charge in [-0.15, -0.1) is 0 Å². The zero-order chi connectivity index (χ0) is 25.0. The first-order valence-electron chi connectivity index (χ1n) is 13.0. The molecule has 0 spiro atoms. The maximum atomic E-state index is 14.3. The van der Waals surface area contributed by atoms with Crippen LogP contribution in [-0.2, 0) is 13.1 Å². The smallest absolute Gasteiger partial charge is 0.258 e. The van der Waals surface area contributed by atoms with Crippen molar-refractivity contribution in [1.29, 1.82) is 0 Å². The average molecular weight is 512 g/mol. The maximum absolute atomic E-state index is 14.3. The molecular weight excluding hydrogens is 481 g/mol. The number of carbonyl (C=O) groups is 1. The molecular formula is C27H31ClFN5O2. The van der Waals surface area contributed by atoms with Crippen molar-refractivity contribution in [3.63, 3.8) is 0 Å². The predicted molar refractivity (Wildman–Crippen MR) is 135 cm³/mol. The van der Waals surface area contributed by atoms with Crippen molar-refractivity contribution in [2.24, 2.45) is 0 Å². The molecule has 0 saturated carbocycles. The summed E-state index contributed by atoms with van der Waals surface area (Å²) in [6, 6.07) is 5.27. The number of amides is 1. The van der Waals surface area contributed by atoms with Gasteiger partial charge in [0.15, 0.2) is 5.65 Å². The third-order valence-corrected chi connectivity index (χ3v) is 8.43. The lowest BCUT2D eigenvalue weighted by molar-refractivity contribution is 0.0471. The Balaban J connectivity index is 1.20. The van der Waals surface area contributed by atoms with Crippen LogP contribution in [0.3, 0.4) is 0 Å². The fourth-order valence-corrected chi connectivity index (χ4v) is 6.30. The van der Waals surface area contributed by atoms with E-state index in [-0.39, 0.29) is 12.0 Å². The molecule has 3 aliphatic heterocycles. The normalized spacial score (nSPS) is 23.4. The minimum absolute atomic E-state index is 0.00867. The number of hydrogen-bond acceptors (Lipinski definition) is 5. The number of piperidine rings is 1. The summed E-state index contributed by atoms with van der Waals surface area (Å²) in [5.74, 6) is -0.245. The minimum Gasteiger partial charge on any atom is -0.489 e. The van der Waals surface area contributed by atoms with Crippen LogP contribution in [0.2, 0.25) is 5.02 Å². The van der Waals surface area contributed by atoms with Gasteiger partial charge in [-0.05, 0) is 57.7 Å². The highest BCUT2D eigenvalue weighted by Crippen LogP contribution is 2.38. The van der Waals surface area contributed by atoms with Crippen molar-refractivity contribution >= 4 is 23.2 Å². The number of aromatic nitrogens is 3. The van der Waals surface area contributed by atoms with E-state index in [1.807, 2.05) is 6.92 Å². The molecule has 2 bridgehead atoms. The van der Waals surface area contributed by atoms with Gasteiger partial charge in [-0.25, -0.2) is 13.9 Å². The Bertz CT molecular complexity index is 1310. The molecule has 1 unspecified atom stereocenters. The number of fused-ring (bicyclic) bond motifs is 5. The van der Waals surface area contributed by atoms with Gasteiger partial charge in [-0.3, -0.25) is 9.69 Å². The van der Waals surface area contributed by atoms with Crippen LogP contribution in [0.5, 0.6) is 5.75 Å². The van der Waals surface area contributed by atoms with Crippen molar-refractivity contribution in [3.8, 4) is 5.75 Å². The summed E-state index contributed by atoms with van der Waals surface area (Å²) in [6.07, 6.45) is 8.24. The highest BCUT2D eigenvalue weighted by atomic mass is 35.5. The third kappa shape index (κ3) is 4.04. The minimum atomic E-state index is -0.399. The Labute approximate surface area is 215 Å². The molecule has 3 aromatic rings. The van der Waals surface area contributed by atoms with Crippen LogP contribution in [0.15, 0.2) is 24.4 Å². The lowest BCUT2D eigenvalue weighted by Crippen LogP contribution is -2.46. The highest BCUT2D eigenvalue weighted by molar-refractivity contribution is 6.31. The lowest BCUT2D eigenvalue weighted by Gasteiger charge is -2.39. The molecule has 5 heterocycles. The van der Waals surface area contributed by atoms with Crippen LogP contribution < -0.4 is 4.74 Å². The number of hydrogen-bond donors (Lipinski definition) is 0. The molecule has 2 aromatic heterocycles. The molecule has 0 aliphatic carbocycles. The van der Waals surface area contributed by atoms with Crippen molar-refractivity contribution in [3.05, 3.63) is 57.8 Å². The molecule has 1 amide bonds. The Morgan fingerprint density at radius 2 is 2.00 bits per heavy atom. The first-order chi connectivity index (χ1) is 17.4. The van der Waals surface area contributed by atoms with E-state index in [1.165, 1.54) is 37.8 Å². The molecule has 0 radical (unpaired) electrons. The van der Waals surface area contributed by atoms with E-state index in [4.69, 9.17) is 16.3 Å². The summed E-state index contributed by atoms with van der Waals surface area (Å²) in [7, 11) is 0. The lowest BCUT2D eigenvalue weighted by atomic mass is 9.99. The van der Waals surface area contributed by atoms with Crippen LogP contribution in [0.1, 0.15) is 72.8 Å². The number of aryl methyl sites for hydroxylation is 1. The van der Waals surface area contributed by atoms with Gasteiger partial charge in [0.1, 0.15) is 17.7 Å². The van der Waals surface area contributed by atoms with Crippen molar-refractivity contribution < 1.29 is 13.9 Å². The number of benzene rings is 1. The first kappa shape index (κ1) is 23.7. The second kappa shape index (κ2) is 9.30. The van der Waals surface area contributed by atoms with Crippen LogP contribution in [0.4, 0.5) is 4.39 Å². The molecule has 36 heavy (non-hydrogen) atoms. The van der Waals surface area contributed by atoms with E-state index < -0.39 is 5.82 Å². The number of ether oxygens (including phenoxy) is 1. The standard InChI is InChI=1S/C27H31ClFN5O2/c1-3-4-9-33-18-6-7-19(33)12-20(11-18)36-25-10-17(29)5-8-21(25)27(35)32-14-22-24(15-32)31-34-16(2)23(28)13-30-26(22)34/h5,8,10,13,18-20H,3-4,6-7,9,11-12,14-15H2,1-2H3/t18-,19?,20+/m0/s1. The summed E-state index contributed by atoms with van der Waals surface area (Å²) >= 11 is 6.20. The fourth-order valence-electron chi connectivity index (χ4n) is 6.17. The van der Waals surface area contributed by atoms with Gasteiger partial charge in [0.05, 0.1) is 35.1 Å². The molecule has 9 heteroatoms. The van der Waals surface area contributed by atoms with Crippen molar-refractivity contribution in [2.75, 3.05) is 6.54 Å². The zero-order valence-corrected chi connectivity index (χ0v) is 21.5. The third-order valence-electron chi connectivity index (χ3n) is 8.06. The van der Waals surface area contributed by atoms with Gasteiger partial charge in [0, 0.05) is 29.9 Å². The summed E-state index contributed by atoms with van der Waals surface area (Å²) in [5, 5.41) is 5.19. The van der Waals surface area contributed by atoms with Gasteiger partial charge in [-0.2, -0.15) is 5.10 Å². The molecule has 3 aliphatic rings. The van der Waals surface area contributed by atoms with Gasteiger partial charge in [0.25, 0.3) is 5.91 Å². The molecule has 3 atom stereocenters. The van der Waals surface area contributed by atoms with E-state index in [0.29, 0.717) is 47.2 Å². The van der Waals surface area contributed by atoms with Gasteiger partial charge in [0.2, 0.25) is 0 Å². The van der Waals surface area contributed by atoms with Gasteiger partial charge in [-0.1, -0.05) is 24.9 Å². The van der Waals surface area contributed by atoms with Gasteiger partial charge >= 0.3 is 0 Å². The topological polar surface area (TPSA) is 63.0 Å². The van der Waals surface area contributed by atoms with Gasteiger partial charge < -0.3 is 9.64 Å². The van der Waals surface area contributed by atoms with E-state index in [2.05, 4.69) is 21.9 Å². The molecule has 2 fully saturated rings. The van der Waals surface area contributed by atoms with E-state index in [0.717, 1.165) is 36.3 Å². The van der Waals surface area contributed by atoms with Crippen molar-refractivity contribution in [1.82, 2.24) is 24.4 Å². The van der Waals surface area contributed by atoms with Crippen LogP contribution >= 0.6 is 11.6 Å². The zero-order valence-electron chi connectivity index (χ0n) is 20.7. The summed E-state index contributed by atoms with van der Waals surface area (Å²) in [6.45, 7) is 6.02. The molecule has 6 rings (SSSR count). The first-order valence-corrected chi connectivity index (χ1v) is 13.3. The number of carbonyl (C=O) groups excluding carboxylic acids is 1. The SMILES string of the molecule is CCCCN1C2CC[C@H]1C[C@@H](Oc1cc(F)ccc1C(=O)N1Cc3nn4c(C)c(Cl)cnc4c3C1)C2. The Morgan fingerprint density at radius 1 is 1.22 bits per heavy atom. The number of nitrogens with zero attached hydrogens (tertiary/aromatic N) is 5. The second-order valence-corrected chi connectivity index (χ2v) is 10.7. The molecule has 190 valence electrons. The molecule has 1 aromatic carbocycles. The van der Waals surface area contributed by atoms with Crippen LogP contribution in [0.25, 0.3) is 5.65 Å². The maximum Gasteiger partial charge on any atom is 0.258 e. The molecule has 7 nitrogen and oxygen atoms in total. The number of unbranched alkanes of at least 4 members (excludes halogenated alkanes) is 1. The monoisotopic (exact) mass is 511 g/mol. The Morgan fingerprint density at radius 3 is 2.75 bits per heavy atom. The fraction of sp³-hybridized carbons (Fsp3) is 0.519.